The van der Waals surface area contributed by atoms with E-state index >= 15 is 0 Å². The maximum atomic E-state index is 11.6. The second-order valence-corrected chi connectivity index (χ2v) is 3.90. The summed E-state index contributed by atoms with van der Waals surface area (Å²) in [6, 6.07) is 0. The topological polar surface area (TPSA) is 46.2 Å². The number of nitrogens with one attached hydrogen (secondary N) is 1. The van der Waals surface area contributed by atoms with E-state index < -0.39 is 0 Å². The summed E-state index contributed by atoms with van der Waals surface area (Å²) in [5.41, 5.74) is 0. The van der Waals surface area contributed by atoms with Gasteiger partial charge < -0.3 is 10.1 Å². The van der Waals surface area contributed by atoms with E-state index in [4.69, 9.17) is 0 Å². The summed E-state index contributed by atoms with van der Waals surface area (Å²) in [4.78, 5) is 21.7. The number of hydrogen-bond donors (Lipinski definition) is 1. The molecule has 0 aliphatic carbocycles. The lowest BCUT2D eigenvalue weighted by Gasteiger charge is -2.19. The molecule has 0 aromatic carbocycles. The molecule has 0 bridgehead atoms. The van der Waals surface area contributed by atoms with Gasteiger partial charge in [0, 0.05) is 5.92 Å². The van der Waals surface area contributed by atoms with Crippen molar-refractivity contribution in [3.63, 3.8) is 0 Å². The molecule has 3 heteroatoms. The molecule has 0 saturated carbocycles. The fraction of sp³-hybridized carbons (Fsp3) is 0.818. The Labute approximate surface area is 86.3 Å². The van der Waals surface area contributed by atoms with E-state index in [1.165, 1.54) is 0 Å². The van der Waals surface area contributed by atoms with Crippen molar-refractivity contribution in [1.82, 2.24) is 5.32 Å². The molecule has 0 aliphatic heterocycles. The molecule has 1 atom stereocenters. The molecule has 14 heavy (non-hydrogen) atoms. The van der Waals surface area contributed by atoms with Crippen LogP contribution < -0.4 is 5.32 Å². The number of carbonyl (C=O) groups is 2. The zero-order valence-corrected chi connectivity index (χ0v) is 9.38. The highest BCUT2D eigenvalue weighted by atomic mass is 16.2. The molecule has 1 N–H and O–H groups in total. The molecule has 0 heterocycles. The van der Waals surface area contributed by atoms with Gasteiger partial charge in [-0.3, -0.25) is 4.79 Å². The Kier molecular flexibility index (Phi) is 7.07. The van der Waals surface area contributed by atoms with E-state index in [1.54, 1.807) is 0 Å². The van der Waals surface area contributed by atoms with Gasteiger partial charge >= 0.3 is 0 Å². The van der Waals surface area contributed by atoms with Crippen LogP contribution in [0.2, 0.25) is 0 Å². The third-order valence-corrected chi connectivity index (χ3v) is 2.37. The van der Waals surface area contributed by atoms with Gasteiger partial charge in [0.1, 0.15) is 6.29 Å². The predicted molar refractivity (Wildman–Crippen MR) is 56.9 cm³/mol. The average molecular weight is 199 g/mol. The van der Waals surface area contributed by atoms with Crippen molar-refractivity contribution in [2.75, 3.05) is 6.54 Å². The Morgan fingerprint density at radius 1 is 1.43 bits per heavy atom. The van der Waals surface area contributed by atoms with Crippen molar-refractivity contribution in [1.29, 1.82) is 0 Å². The monoisotopic (exact) mass is 199 g/mol. The Balaban J connectivity index is 4.04. The molecule has 0 aromatic rings. The molecular formula is C11H21NO2. The number of carbonyl (C=O) groups excluding carboxylic acids is 2. The minimum Gasteiger partial charge on any atom is -0.349 e. The Bertz CT molecular complexity index is 178. The number of aldehydes is 1. The van der Waals surface area contributed by atoms with E-state index in [0.717, 1.165) is 25.5 Å². The van der Waals surface area contributed by atoms with Crippen molar-refractivity contribution < 1.29 is 9.59 Å². The Morgan fingerprint density at radius 2 is 2.07 bits per heavy atom. The van der Waals surface area contributed by atoms with E-state index in [2.05, 4.69) is 12.2 Å². The molecule has 0 radical (unpaired) electrons. The van der Waals surface area contributed by atoms with Crippen molar-refractivity contribution in [3.05, 3.63) is 0 Å². The second-order valence-electron chi connectivity index (χ2n) is 3.90. The van der Waals surface area contributed by atoms with E-state index in [9.17, 15) is 9.59 Å². The zero-order chi connectivity index (χ0) is 11.0. The molecule has 1 unspecified atom stereocenters. The first-order valence-electron chi connectivity index (χ1n) is 5.34. The Hall–Kier alpha value is -0.860. The first-order valence-corrected chi connectivity index (χ1v) is 5.34. The standard InChI is InChI=1S/C11H21NO2/c1-4-5-6-10(9(2)3)11(14)12-7-8-13/h8-10H,4-7H2,1-3H3,(H,12,14). The molecule has 0 saturated heterocycles. The quantitative estimate of drug-likeness (QED) is 0.635. The lowest BCUT2D eigenvalue weighted by molar-refractivity contribution is -0.127. The van der Waals surface area contributed by atoms with Crippen LogP contribution >= 0.6 is 0 Å². The second kappa shape index (κ2) is 7.54. The molecule has 0 rings (SSSR count). The number of hydrogen-bond acceptors (Lipinski definition) is 2. The van der Waals surface area contributed by atoms with Crippen LogP contribution in [0.25, 0.3) is 0 Å². The van der Waals surface area contributed by atoms with Crippen molar-refractivity contribution in [3.8, 4) is 0 Å². The number of rotatable bonds is 7. The molecule has 0 spiro atoms. The number of unbranched alkanes of at least 4 members (excludes halogenated alkanes) is 1. The normalized spacial score (nSPS) is 12.6. The molecule has 0 aliphatic rings. The summed E-state index contributed by atoms with van der Waals surface area (Å²) in [7, 11) is 0. The largest absolute Gasteiger partial charge is 0.349 e. The van der Waals surface area contributed by atoms with Crippen LogP contribution in [-0.4, -0.2) is 18.7 Å². The molecule has 3 nitrogen and oxygen atoms in total. The van der Waals surface area contributed by atoms with Gasteiger partial charge in [-0.2, -0.15) is 0 Å². The maximum Gasteiger partial charge on any atom is 0.223 e. The minimum atomic E-state index is 0.0144. The first kappa shape index (κ1) is 13.1. The van der Waals surface area contributed by atoms with Crippen LogP contribution in [0.4, 0.5) is 0 Å². The van der Waals surface area contributed by atoms with Gasteiger partial charge in [0.05, 0.1) is 6.54 Å². The van der Waals surface area contributed by atoms with E-state index in [1.807, 2.05) is 13.8 Å². The Morgan fingerprint density at radius 3 is 2.50 bits per heavy atom. The summed E-state index contributed by atoms with van der Waals surface area (Å²) < 4.78 is 0. The third kappa shape index (κ3) is 5.00. The third-order valence-electron chi connectivity index (χ3n) is 2.37. The molecule has 0 fully saturated rings. The highest BCUT2D eigenvalue weighted by molar-refractivity contribution is 5.80. The SMILES string of the molecule is CCCCC(C(=O)NCC=O)C(C)C. The summed E-state index contributed by atoms with van der Waals surface area (Å²) in [5.74, 6) is 0.406. The van der Waals surface area contributed by atoms with Crippen molar-refractivity contribution >= 4 is 12.2 Å². The zero-order valence-electron chi connectivity index (χ0n) is 9.38. The highest BCUT2D eigenvalue weighted by Crippen LogP contribution is 2.18. The molecular weight excluding hydrogens is 178 g/mol. The van der Waals surface area contributed by atoms with Gasteiger partial charge in [-0.1, -0.05) is 33.6 Å². The van der Waals surface area contributed by atoms with Crippen LogP contribution in [0.3, 0.4) is 0 Å². The minimum absolute atomic E-state index is 0.0144. The van der Waals surface area contributed by atoms with Crippen LogP contribution in [0.5, 0.6) is 0 Å². The summed E-state index contributed by atoms with van der Waals surface area (Å²) >= 11 is 0. The predicted octanol–water partition coefficient (Wildman–Crippen LogP) is 1.76. The van der Waals surface area contributed by atoms with Gasteiger partial charge in [0.2, 0.25) is 5.91 Å². The van der Waals surface area contributed by atoms with Crippen LogP contribution in [0, 0.1) is 11.8 Å². The smallest absolute Gasteiger partial charge is 0.223 e. The molecule has 1 amide bonds. The van der Waals surface area contributed by atoms with E-state index in [0.29, 0.717) is 5.92 Å². The van der Waals surface area contributed by atoms with Crippen molar-refractivity contribution in [2.45, 2.75) is 40.0 Å². The highest BCUT2D eigenvalue weighted by Gasteiger charge is 2.20. The maximum absolute atomic E-state index is 11.6. The van der Waals surface area contributed by atoms with Gasteiger partial charge in [0.25, 0.3) is 0 Å². The first-order chi connectivity index (χ1) is 6.63. The van der Waals surface area contributed by atoms with Crippen LogP contribution in [-0.2, 0) is 9.59 Å². The van der Waals surface area contributed by atoms with Crippen LogP contribution in [0.1, 0.15) is 40.0 Å². The average Bonchev–Trinajstić information content (AvgIpc) is 2.14. The fourth-order valence-electron chi connectivity index (χ4n) is 1.46. The van der Waals surface area contributed by atoms with Crippen molar-refractivity contribution in [2.24, 2.45) is 11.8 Å². The number of amides is 1. The van der Waals surface area contributed by atoms with Gasteiger partial charge in [-0.15, -0.1) is 0 Å². The summed E-state index contributed by atoms with van der Waals surface area (Å²) in [5, 5.41) is 2.62. The lowest BCUT2D eigenvalue weighted by Crippen LogP contribution is -2.34. The van der Waals surface area contributed by atoms with E-state index in [-0.39, 0.29) is 18.4 Å². The van der Waals surface area contributed by atoms with Crippen LogP contribution in [0.15, 0.2) is 0 Å². The van der Waals surface area contributed by atoms with Gasteiger partial charge in [-0.05, 0) is 12.3 Å². The summed E-state index contributed by atoms with van der Waals surface area (Å²) in [6.07, 6.45) is 3.80. The van der Waals surface area contributed by atoms with Gasteiger partial charge in [-0.25, -0.2) is 0 Å². The molecule has 0 aromatic heterocycles. The fourth-order valence-corrected chi connectivity index (χ4v) is 1.46. The lowest BCUT2D eigenvalue weighted by atomic mass is 9.90. The molecule has 82 valence electrons. The summed E-state index contributed by atoms with van der Waals surface area (Å²) in [6.45, 7) is 6.33. The van der Waals surface area contributed by atoms with Gasteiger partial charge in [0.15, 0.2) is 0 Å².